The van der Waals surface area contributed by atoms with Gasteiger partial charge < -0.3 is 15.7 Å². The molecule has 130 valence electrons. The summed E-state index contributed by atoms with van der Waals surface area (Å²) in [5.41, 5.74) is 3.42. The molecule has 0 radical (unpaired) electrons. The summed E-state index contributed by atoms with van der Waals surface area (Å²) < 4.78 is 0. The maximum absolute atomic E-state index is 12.5. The number of anilines is 1. The predicted molar refractivity (Wildman–Crippen MR) is 95.3 cm³/mol. The lowest BCUT2D eigenvalue weighted by Gasteiger charge is -2.08. The van der Waals surface area contributed by atoms with E-state index in [4.69, 9.17) is 5.11 Å². The fraction of sp³-hybridized carbons (Fsp3) is 0.278. The zero-order valence-corrected chi connectivity index (χ0v) is 14.3. The molecule has 0 fully saturated rings. The Labute approximate surface area is 148 Å². The molecule has 0 spiro atoms. The van der Waals surface area contributed by atoms with E-state index in [0.717, 1.165) is 19.3 Å². The Bertz CT molecular complexity index is 828. The molecule has 1 aromatic carbocycles. The second kappa shape index (κ2) is 7.48. The Balaban J connectivity index is 1.67. The molecular weight excluding hydrogens is 340 g/mol. The minimum Gasteiger partial charge on any atom is -0.481 e. The maximum atomic E-state index is 12.5. The Morgan fingerprint density at radius 2 is 1.88 bits per heavy atom. The van der Waals surface area contributed by atoms with E-state index in [0.29, 0.717) is 16.1 Å². The molecule has 2 aromatic rings. The van der Waals surface area contributed by atoms with E-state index in [1.807, 2.05) is 12.1 Å². The number of thiophene rings is 1. The molecule has 0 bridgehead atoms. The number of carbonyl (C=O) groups is 3. The van der Waals surface area contributed by atoms with Gasteiger partial charge in [0.25, 0.3) is 11.8 Å². The highest BCUT2D eigenvalue weighted by atomic mass is 32.1. The number of hydrogen-bond donors (Lipinski definition) is 3. The van der Waals surface area contributed by atoms with E-state index < -0.39 is 11.9 Å². The van der Waals surface area contributed by atoms with Crippen molar-refractivity contribution in [1.29, 1.82) is 0 Å². The van der Waals surface area contributed by atoms with E-state index in [2.05, 4.69) is 10.6 Å². The summed E-state index contributed by atoms with van der Waals surface area (Å²) >= 11 is 1.26. The number of nitrogens with one attached hydrogen (secondary N) is 2. The van der Waals surface area contributed by atoms with Crippen LogP contribution in [-0.2, 0) is 17.6 Å². The van der Waals surface area contributed by atoms with Gasteiger partial charge in [0, 0.05) is 12.1 Å². The van der Waals surface area contributed by atoms with Crippen LogP contribution in [0.4, 0.5) is 5.00 Å². The van der Waals surface area contributed by atoms with Crippen LogP contribution in [0.3, 0.4) is 0 Å². The Morgan fingerprint density at radius 3 is 2.68 bits per heavy atom. The van der Waals surface area contributed by atoms with Crippen LogP contribution in [0.15, 0.2) is 29.6 Å². The van der Waals surface area contributed by atoms with Crippen molar-refractivity contribution in [3.8, 4) is 0 Å². The molecule has 0 saturated carbocycles. The number of benzene rings is 1. The summed E-state index contributed by atoms with van der Waals surface area (Å²) in [5, 5.41) is 16.1. The van der Waals surface area contributed by atoms with Gasteiger partial charge in [0.05, 0.1) is 12.0 Å². The van der Waals surface area contributed by atoms with E-state index in [1.165, 1.54) is 22.5 Å². The van der Waals surface area contributed by atoms with Gasteiger partial charge in [-0.25, -0.2) is 0 Å². The fourth-order valence-electron chi connectivity index (χ4n) is 2.85. The highest BCUT2D eigenvalue weighted by Gasteiger charge is 2.18. The summed E-state index contributed by atoms with van der Waals surface area (Å²) in [7, 11) is 0. The molecule has 2 amide bonds. The topological polar surface area (TPSA) is 95.5 Å². The van der Waals surface area contributed by atoms with Crippen LogP contribution in [0.5, 0.6) is 0 Å². The van der Waals surface area contributed by atoms with Crippen LogP contribution in [0, 0.1) is 0 Å². The van der Waals surface area contributed by atoms with Crippen LogP contribution in [-0.4, -0.2) is 29.4 Å². The van der Waals surface area contributed by atoms with Gasteiger partial charge >= 0.3 is 5.97 Å². The van der Waals surface area contributed by atoms with Crippen molar-refractivity contribution in [1.82, 2.24) is 5.32 Å². The summed E-state index contributed by atoms with van der Waals surface area (Å²) in [5.74, 6) is -1.63. The number of aryl methyl sites for hydroxylation is 2. The molecule has 1 heterocycles. The molecule has 25 heavy (non-hydrogen) atoms. The minimum atomic E-state index is -0.976. The average molecular weight is 358 g/mol. The first-order chi connectivity index (χ1) is 12.0. The quantitative estimate of drug-likeness (QED) is 0.740. The summed E-state index contributed by atoms with van der Waals surface area (Å²) in [4.78, 5) is 35.1. The molecular formula is C18H18N2O4S. The number of carboxylic acid groups (broad SMARTS) is 1. The predicted octanol–water partition coefficient (Wildman–Crippen LogP) is 2.69. The van der Waals surface area contributed by atoms with Gasteiger partial charge in [-0.3, -0.25) is 14.4 Å². The van der Waals surface area contributed by atoms with Crippen LogP contribution in [0.2, 0.25) is 0 Å². The molecule has 1 aromatic heterocycles. The zero-order valence-electron chi connectivity index (χ0n) is 13.5. The highest BCUT2D eigenvalue weighted by Crippen LogP contribution is 2.26. The minimum absolute atomic E-state index is 0.0439. The smallest absolute Gasteiger partial charge is 0.305 e. The third kappa shape index (κ3) is 4.06. The van der Waals surface area contributed by atoms with Crippen molar-refractivity contribution in [3.63, 3.8) is 0 Å². The average Bonchev–Trinajstić information content (AvgIpc) is 3.22. The van der Waals surface area contributed by atoms with Crippen molar-refractivity contribution in [2.45, 2.75) is 25.7 Å². The van der Waals surface area contributed by atoms with Gasteiger partial charge in [0.1, 0.15) is 5.00 Å². The number of hydrogen-bond acceptors (Lipinski definition) is 4. The number of rotatable bonds is 6. The third-order valence-electron chi connectivity index (χ3n) is 4.12. The summed E-state index contributed by atoms with van der Waals surface area (Å²) in [6.45, 7) is 0.0439. The van der Waals surface area contributed by atoms with Gasteiger partial charge in [0.2, 0.25) is 0 Å². The van der Waals surface area contributed by atoms with Crippen molar-refractivity contribution < 1.29 is 19.5 Å². The first-order valence-corrected chi connectivity index (χ1v) is 8.93. The molecule has 0 saturated heterocycles. The van der Waals surface area contributed by atoms with Crippen molar-refractivity contribution in [2.75, 3.05) is 11.9 Å². The van der Waals surface area contributed by atoms with Crippen molar-refractivity contribution in [2.24, 2.45) is 0 Å². The number of carbonyl (C=O) groups excluding carboxylic acids is 2. The number of fused-ring (bicyclic) bond motifs is 1. The van der Waals surface area contributed by atoms with Crippen LogP contribution >= 0.6 is 11.3 Å². The molecule has 7 heteroatoms. The molecule has 1 aliphatic rings. The Kier molecular flexibility index (Phi) is 5.14. The highest BCUT2D eigenvalue weighted by molar-refractivity contribution is 7.14. The monoisotopic (exact) mass is 358 g/mol. The normalized spacial score (nSPS) is 12.5. The van der Waals surface area contributed by atoms with Crippen molar-refractivity contribution >= 4 is 34.1 Å². The lowest BCUT2D eigenvalue weighted by molar-refractivity contribution is -0.136. The molecule has 3 rings (SSSR count). The lowest BCUT2D eigenvalue weighted by Crippen LogP contribution is -2.26. The van der Waals surface area contributed by atoms with Gasteiger partial charge in [-0.05, 0) is 54.0 Å². The standard InChI is InChI=1S/C18H18N2O4S/c21-15(22)6-8-19-17(24)14-7-9-25-18(14)20-16(23)13-5-4-11-2-1-3-12(11)10-13/h4-5,7,9-10H,1-3,6,8H2,(H,19,24)(H,20,23)(H,21,22). The third-order valence-corrected chi connectivity index (χ3v) is 4.95. The van der Waals surface area contributed by atoms with Crippen LogP contribution in [0.1, 0.15) is 44.7 Å². The summed E-state index contributed by atoms with van der Waals surface area (Å²) in [6.07, 6.45) is 3.02. The fourth-order valence-corrected chi connectivity index (χ4v) is 3.63. The Morgan fingerprint density at radius 1 is 1.08 bits per heavy atom. The van der Waals surface area contributed by atoms with Crippen molar-refractivity contribution in [3.05, 3.63) is 51.9 Å². The SMILES string of the molecule is O=C(O)CCNC(=O)c1ccsc1NC(=O)c1ccc2c(c1)CCC2. The lowest BCUT2D eigenvalue weighted by atomic mass is 10.1. The first kappa shape index (κ1) is 17.2. The first-order valence-electron chi connectivity index (χ1n) is 8.05. The number of aliphatic carboxylic acids is 1. The van der Waals surface area contributed by atoms with E-state index >= 15 is 0 Å². The van der Waals surface area contributed by atoms with E-state index in [9.17, 15) is 14.4 Å². The molecule has 0 atom stereocenters. The van der Waals surface area contributed by atoms with Crippen LogP contribution < -0.4 is 10.6 Å². The van der Waals surface area contributed by atoms with Gasteiger partial charge in [-0.15, -0.1) is 11.3 Å². The second-order valence-electron chi connectivity index (χ2n) is 5.85. The summed E-state index contributed by atoms with van der Waals surface area (Å²) in [6, 6.07) is 7.32. The van der Waals surface area contributed by atoms with E-state index in [-0.39, 0.29) is 18.9 Å². The molecule has 0 aliphatic heterocycles. The molecule has 3 N–H and O–H groups in total. The molecule has 1 aliphatic carbocycles. The molecule has 6 nitrogen and oxygen atoms in total. The molecule has 0 unspecified atom stereocenters. The second-order valence-corrected chi connectivity index (χ2v) is 6.77. The maximum Gasteiger partial charge on any atom is 0.305 e. The van der Waals surface area contributed by atoms with Crippen LogP contribution in [0.25, 0.3) is 0 Å². The largest absolute Gasteiger partial charge is 0.481 e. The van der Waals surface area contributed by atoms with Gasteiger partial charge in [-0.1, -0.05) is 6.07 Å². The zero-order chi connectivity index (χ0) is 17.8. The Hall–Kier alpha value is -2.67. The number of amides is 2. The van der Waals surface area contributed by atoms with E-state index in [1.54, 1.807) is 17.5 Å². The van der Waals surface area contributed by atoms with Gasteiger partial charge in [0.15, 0.2) is 0 Å². The number of carboxylic acids is 1. The van der Waals surface area contributed by atoms with Gasteiger partial charge in [-0.2, -0.15) is 0 Å².